The first-order valence-corrected chi connectivity index (χ1v) is 8.10. The summed E-state index contributed by atoms with van der Waals surface area (Å²) < 4.78 is 28.0. The number of aromatic hydroxyl groups is 1. The van der Waals surface area contributed by atoms with Crippen molar-refractivity contribution in [2.75, 3.05) is 17.8 Å². The van der Waals surface area contributed by atoms with E-state index < -0.39 is 16.2 Å². The monoisotopic (exact) mass is 316 g/mol. The predicted octanol–water partition coefficient (Wildman–Crippen LogP) is 1.87. The number of phenols is 1. The number of carboxylic acid groups (broad SMARTS) is 1. The van der Waals surface area contributed by atoms with Gasteiger partial charge >= 0.3 is 16.2 Å². The average molecular weight is 316 g/mol. The maximum absolute atomic E-state index is 12.3. The number of aromatic carboxylic acids is 1. The van der Waals surface area contributed by atoms with Crippen molar-refractivity contribution >= 4 is 21.9 Å². The summed E-state index contributed by atoms with van der Waals surface area (Å²) in [6, 6.07) is 3.43. The SMILES string of the molecule is CCCN(CCC)S(=O)(=O)Nc1cc(C(=O)O)ccc1O. The number of anilines is 1. The quantitative estimate of drug-likeness (QED) is 0.635. The molecule has 0 spiro atoms. The molecule has 1 aromatic carbocycles. The molecular formula is C13H20N2O5S. The highest BCUT2D eigenvalue weighted by Gasteiger charge is 2.22. The largest absolute Gasteiger partial charge is 0.506 e. The van der Waals surface area contributed by atoms with E-state index in [1.165, 1.54) is 10.4 Å². The Morgan fingerprint density at radius 3 is 2.29 bits per heavy atom. The second-order valence-electron chi connectivity index (χ2n) is 4.54. The molecule has 1 aromatic rings. The lowest BCUT2D eigenvalue weighted by Gasteiger charge is -2.22. The van der Waals surface area contributed by atoms with E-state index in [2.05, 4.69) is 4.72 Å². The van der Waals surface area contributed by atoms with Gasteiger partial charge in [0.15, 0.2) is 0 Å². The fourth-order valence-corrected chi connectivity index (χ4v) is 3.22. The molecule has 0 aliphatic carbocycles. The summed E-state index contributed by atoms with van der Waals surface area (Å²) in [6.45, 7) is 4.42. The Hall–Kier alpha value is -1.80. The first-order valence-electron chi connectivity index (χ1n) is 6.66. The lowest BCUT2D eigenvalue weighted by Crippen LogP contribution is -2.37. The molecule has 8 heteroatoms. The van der Waals surface area contributed by atoms with Crippen LogP contribution in [-0.4, -0.2) is 42.0 Å². The summed E-state index contributed by atoms with van der Waals surface area (Å²) in [5.41, 5.74) is -0.255. The third kappa shape index (κ3) is 4.61. The van der Waals surface area contributed by atoms with E-state index >= 15 is 0 Å². The van der Waals surface area contributed by atoms with Crippen LogP contribution in [-0.2, 0) is 10.2 Å². The summed E-state index contributed by atoms with van der Waals surface area (Å²) in [7, 11) is -3.83. The van der Waals surface area contributed by atoms with Gasteiger partial charge in [-0.05, 0) is 31.0 Å². The van der Waals surface area contributed by atoms with Gasteiger partial charge in [0.05, 0.1) is 11.3 Å². The van der Waals surface area contributed by atoms with Crippen molar-refractivity contribution in [1.82, 2.24) is 4.31 Å². The highest BCUT2D eigenvalue weighted by atomic mass is 32.2. The van der Waals surface area contributed by atoms with Gasteiger partial charge in [-0.2, -0.15) is 12.7 Å². The van der Waals surface area contributed by atoms with Crippen molar-refractivity contribution in [2.24, 2.45) is 0 Å². The van der Waals surface area contributed by atoms with Gasteiger partial charge in [-0.25, -0.2) is 4.79 Å². The molecule has 0 radical (unpaired) electrons. The fourth-order valence-electron chi connectivity index (χ4n) is 1.81. The molecule has 0 unspecified atom stereocenters. The van der Waals surface area contributed by atoms with Gasteiger partial charge < -0.3 is 10.2 Å². The average Bonchev–Trinajstić information content (AvgIpc) is 2.40. The molecule has 7 nitrogen and oxygen atoms in total. The van der Waals surface area contributed by atoms with E-state index in [1.807, 2.05) is 13.8 Å². The van der Waals surface area contributed by atoms with Crippen molar-refractivity contribution in [3.05, 3.63) is 23.8 Å². The normalized spacial score (nSPS) is 11.6. The van der Waals surface area contributed by atoms with Gasteiger partial charge in [-0.3, -0.25) is 4.72 Å². The maximum atomic E-state index is 12.3. The molecule has 1 rings (SSSR count). The highest BCUT2D eigenvalue weighted by molar-refractivity contribution is 7.90. The molecule has 0 saturated carbocycles. The third-order valence-corrected chi connectivity index (χ3v) is 4.29. The van der Waals surface area contributed by atoms with E-state index in [4.69, 9.17) is 5.11 Å². The summed E-state index contributed by atoms with van der Waals surface area (Å²) in [5, 5.41) is 18.6. The van der Waals surface area contributed by atoms with E-state index in [9.17, 15) is 18.3 Å². The van der Waals surface area contributed by atoms with Crippen LogP contribution in [0.25, 0.3) is 0 Å². The second-order valence-corrected chi connectivity index (χ2v) is 6.21. The van der Waals surface area contributed by atoms with Gasteiger partial charge in [-0.15, -0.1) is 0 Å². The molecule has 0 fully saturated rings. The fraction of sp³-hybridized carbons (Fsp3) is 0.462. The smallest absolute Gasteiger partial charge is 0.335 e. The summed E-state index contributed by atoms with van der Waals surface area (Å²) in [4.78, 5) is 10.9. The number of nitrogens with one attached hydrogen (secondary N) is 1. The number of carbonyl (C=O) groups is 1. The molecule has 0 aliphatic rings. The topological polar surface area (TPSA) is 107 Å². The molecule has 0 heterocycles. The molecule has 21 heavy (non-hydrogen) atoms. The highest BCUT2D eigenvalue weighted by Crippen LogP contribution is 2.26. The Morgan fingerprint density at radius 2 is 1.81 bits per heavy atom. The standard InChI is InChI=1S/C13H20N2O5S/c1-3-7-15(8-4-2)21(19,20)14-11-9-10(13(17)18)5-6-12(11)16/h5-6,9,14,16H,3-4,7-8H2,1-2H3,(H,17,18). The van der Waals surface area contributed by atoms with Crippen LogP contribution in [0.5, 0.6) is 5.75 Å². The molecule has 3 N–H and O–H groups in total. The molecule has 0 bridgehead atoms. The molecule has 0 atom stereocenters. The van der Waals surface area contributed by atoms with E-state index in [-0.39, 0.29) is 17.0 Å². The van der Waals surface area contributed by atoms with Crippen LogP contribution in [0.2, 0.25) is 0 Å². The number of hydrogen-bond donors (Lipinski definition) is 3. The van der Waals surface area contributed by atoms with Crippen LogP contribution in [0.3, 0.4) is 0 Å². The number of hydrogen-bond acceptors (Lipinski definition) is 4. The van der Waals surface area contributed by atoms with E-state index in [0.29, 0.717) is 25.9 Å². The van der Waals surface area contributed by atoms with Gasteiger partial charge in [0, 0.05) is 13.1 Å². The van der Waals surface area contributed by atoms with Gasteiger partial charge in [0.25, 0.3) is 0 Å². The van der Waals surface area contributed by atoms with Crippen molar-refractivity contribution in [3.63, 3.8) is 0 Å². The van der Waals surface area contributed by atoms with Crippen LogP contribution >= 0.6 is 0 Å². The zero-order chi connectivity index (χ0) is 16.0. The number of benzene rings is 1. The summed E-state index contributed by atoms with van der Waals surface area (Å²) in [6.07, 6.45) is 1.31. The third-order valence-electron chi connectivity index (χ3n) is 2.77. The Bertz CT molecular complexity index is 595. The van der Waals surface area contributed by atoms with Crippen LogP contribution in [0.1, 0.15) is 37.0 Å². The van der Waals surface area contributed by atoms with E-state index in [1.54, 1.807) is 0 Å². The lowest BCUT2D eigenvalue weighted by atomic mass is 10.2. The number of nitrogens with zero attached hydrogens (tertiary/aromatic N) is 1. The number of rotatable bonds is 8. The van der Waals surface area contributed by atoms with Crippen molar-refractivity contribution < 1.29 is 23.4 Å². The Kier molecular flexibility index (Phi) is 5.98. The first-order chi connectivity index (χ1) is 9.81. The van der Waals surface area contributed by atoms with Crippen LogP contribution in [0.4, 0.5) is 5.69 Å². The van der Waals surface area contributed by atoms with E-state index in [0.717, 1.165) is 12.1 Å². The van der Waals surface area contributed by atoms with Crippen LogP contribution in [0, 0.1) is 0 Å². The number of phenolic OH excluding ortho intramolecular Hbond substituents is 1. The van der Waals surface area contributed by atoms with Crippen molar-refractivity contribution in [3.8, 4) is 5.75 Å². The van der Waals surface area contributed by atoms with Gasteiger partial charge in [0.2, 0.25) is 0 Å². The van der Waals surface area contributed by atoms with Gasteiger partial charge in [0.1, 0.15) is 5.75 Å². The Balaban J connectivity index is 3.07. The van der Waals surface area contributed by atoms with Crippen LogP contribution < -0.4 is 4.72 Å². The first kappa shape index (κ1) is 17.3. The molecule has 118 valence electrons. The summed E-state index contributed by atoms with van der Waals surface area (Å²) in [5.74, 6) is -1.52. The zero-order valence-electron chi connectivity index (χ0n) is 12.0. The number of carboxylic acids is 1. The lowest BCUT2D eigenvalue weighted by molar-refractivity contribution is 0.0697. The Morgan fingerprint density at radius 1 is 1.24 bits per heavy atom. The minimum Gasteiger partial charge on any atom is -0.506 e. The molecule has 0 amide bonds. The van der Waals surface area contributed by atoms with Crippen molar-refractivity contribution in [1.29, 1.82) is 0 Å². The minimum absolute atomic E-state index is 0.108. The Labute approximate surface area is 124 Å². The molecule has 0 saturated heterocycles. The zero-order valence-corrected chi connectivity index (χ0v) is 12.9. The summed E-state index contributed by atoms with van der Waals surface area (Å²) >= 11 is 0. The second kappa shape index (κ2) is 7.28. The predicted molar refractivity (Wildman–Crippen MR) is 79.8 cm³/mol. The maximum Gasteiger partial charge on any atom is 0.335 e. The van der Waals surface area contributed by atoms with Crippen molar-refractivity contribution in [2.45, 2.75) is 26.7 Å². The van der Waals surface area contributed by atoms with Gasteiger partial charge in [-0.1, -0.05) is 13.8 Å². The van der Waals surface area contributed by atoms with Crippen LogP contribution in [0.15, 0.2) is 18.2 Å². The molecule has 0 aromatic heterocycles. The minimum atomic E-state index is -3.83. The molecule has 0 aliphatic heterocycles. The molecular weight excluding hydrogens is 296 g/mol.